The van der Waals surface area contributed by atoms with E-state index in [0.29, 0.717) is 0 Å². The van der Waals surface area contributed by atoms with Crippen LogP contribution in [0.5, 0.6) is 0 Å². The third kappa shape index (κ3) is 8.29. The molecule has 0 aliphatic heterocycles. The maximum atomic E-state index is 13.7. The Labute approximate surface area is 212 Å². The second-order valence-corrected chi connectivity index (χ2v) is 10.9. The fourth-order valence-electron chi connectivity index (χ4n) is 3.70. The van der Waals surface area contributed by atoms with Gasteiger partial charge in [0, 0.05) is 31.6 Å². The number of rotatable bonds is 12. The molecule has 0 aliphatic carbocycles. The first kappa shape index (κ1) is 29.2. The second kappa shape index (κ2) is 12.8. The lowest BCUT2D eigenvalue weighted by Crippen LogP contribution is -2.49. The van der Waals surface area contributed by atoms with Crippen LogP contribution in [0.15, 0.2) is 42.5 Å². The monoisotopic (exact) mass is 523 g/mol. The van der Waals surface area contributed by atoms with Crippen LogP contribution in [0.25, 0.3) is 0 Å². The molecule has 0 fully saturated rings. The molecule has 36 heavy (non-hydrogen) atoms. The van der Waals surface area contributed by atoms with E-state index in [4.69, 9.17) is 0 Å². The molecule has 2 aromatic carbocycles. The normalized spacial score (nSPS) is 13.1. The van der Waals surface area contributed by atoms with Crippen molar-refractivity contribution in [2.45, 2.75) is 65.6 Å². The summed E-state index contributed by atoms with van der Waals surface area (Å²) in [6, 6.07) is 9.68. The third-order valence-electron chi connectivity index (χ3n) is 5.95. The highest BCUT2D eigenvalue weighted by Gasteiger charge is 2.27. The second-order valence-electron chi connectivity index (χ2n) is 9.04. The van der Waals surface area contributed by atoms with E-state index in [-0.39, 0.29) is 49.5 Å². The minimum Gasteiger partial charge on any atom is -0.352 e. The molecule has 0 saturated heterocycles. The molecule has 0 radical (unpaired) electrons. The summed E-state index contributed by atoms with van der Waals surface area (Å²) in [6.07, 6.45) is 1.79. The van der Waals surface area contributed by atoms with Crippen LogP contribution in [0.1, 0.15) is 51.2 Å². The number of aryl methyl sites for hydroxylation is 1. The van der Waals surface area contributed by atoms with Crippen LogP contribution in [-0.2, 0) is 26.2 Å². The number of anilines is 1. The predicted octanol–water partition coefficient (Wildman–Crippen LogP) is 4.15. The average Bonchev–Trinajstić information content (AvgIpc) is 2.80. The molecule has 198 valence electrons. The van der Waals surface area contributed by atoms with Crippen molar-refractivity contribution in [3.8, 4) is 0 Å². The van der Waals surface area contributed by atoms with Gasteiger partial charge in [0.15, 0.2) is 11.6 Å². The number of hydrogen-bond donors (Lipinski definition) is 1. The summed E-state index contributed by atoms with van der Waals surface area (Å²) in [5.74, 6) is -2.84. The molecule has 2 aromatic rings. The van der Waals surface area contributed by atoms with Crippen LogP contribution in [0.4, 0.5) is 14.5 Å². The zero-order valence-corrected chi connectivity index (χ0v) is 22.2. The van der Waals surface area contributed by atoms with Crippen molar-refractivity contribution < 1.29 is 26.8 Å². The minimum absolute atomic E-state index is 0.0261. The van der Waals surface area contributed by atoms with Crippen molar-refractivity contribution in [2.24, 2.45) is 0 Å². The van der Waals surface area contributed by atoms with Crippen LogP contribution in [0, 0.1) is 18.6 Å². The number of carbonyl (C=O) groups is 2. The molecular weight excluding hydrogens is 488 g/mol. The van der Waals surface area contributed by atoms with Crippen LogP contribution < -0.4 is 9.62 Å². The highest BCUT2D eigenvalue weighted by Crippen LogP contribution is 2.22. The standard InChI is InChI=1S/C26H35F2N3O4S/c1-6-19(3)29-26(33)20(4)30(17-21-10-7-9-18(2)15-21)25(32)11-8-14-31(36(5,34)35)22-12-13-23(27)24(28)16-22/h7,9-10,12-13,15-16,19-20H,6,8,11,14,17H2,1-5H3,(H,29,33)/t19-,20+/m1/s1. The topological polar surface area (TPSA) is 86.8 Å². The number of benzene rings is 2. The highest BCUT2D eigenvalue weighted by molar-refractivity contribution is 7.92. The van der Waals surface area contributed by atoms with Gasteiger partial charge in [0.25, 0.3) is 0 Å². The van der Waals surface area contributed by atoms with Gasteiger partial charge in [-0.25, -0.2) is 17.2 Å². The first-order valence-corrected chi connectivity index (χ1v) is 13.8. The Bertz CT molecular complexity index is 1170. The van der Waals surface area contributed by atoms with Crippen molar-refractivity contribution in [2.75, 3.05) is 17.1 Å². The molecule has 0 unspecified atom stereocenters. The van der Waals surface area contributed by atoms with E-state index in [2.05, 4.69) is 5.32 Å². The van der Waals surface area contributed by atoms with Crippen molar-refractivity contribution in [1.82, 2.24) is 10.2 Å². The Morgan fingerprint density at radius 2 is 1.75 bits per heavy atom. The fraction of sp³-hybridized carbons (Fsp3) is 0.462. The van der Waals surface area contributed by atoms with Crippen molar-refractivity contribution >= 4 is 27.5 Å². The van der Waals surface area contributed by atoms with Crippen LogP contribution in [-0.4, -0.2) is 50.0 Å². The number of nitrogens with zero attached hydrogens (tertiary/aromatic N) is 2. The lowest BCUT2D eigenvalue weighted by atomic mass is 10.1. The summed E-state index contributed by atoms with van der Waals surface area (Å²) in [7, 11) is -3.81. The van der Waals surface area contributed by atoms with Crippen LogP contribution in [0.3, 0.4) is 0 Å². The smallest absolute Gasteiger partial charge is 0.242 e. The Kier molecular flexibility index (Phi) is 10.4. The molecule has 0 saturated carbocycles. The summed E-state index contributed by atoms with van der Waals surface area (Å²) in [6.45, 7) is 7.54. The molecule has 2 atom stereocenters. The Hall–Kier alpha value is -3.01. The zero-order valence-electron chi connectivity index (χ0n) is 21.4. The molecule has 0 spiro atoms. The van der Waals surface area contributed by atoms with Gasteiger partial charge >= 0.3 is 0 Å². The summed E-state index contributed by atoms with van der Waals surface area (Å²) < 4.78 is 52.6. The molecule has 0 bridgehead atoms. The van der Waals surface area contributed by atoms with Gasteiger partial charge in [-0.1, -0.05) is 36.8 Å². The number of carbonyl (C=O) groups excluding carboxylic acids is 2. The minimum atomic E-state index is -3.81. The molecule has 10 heteroatoms. The number of amides is 2. The van der Waals surface area contributed by atoms with Crippen molar-refractivity contribution in [3.05, 3.63) is 65.2 Å². The highest BCUT2D eigenvalue weighted by atomic mass is 32.2. The maximum absolute atomic E-state index is 13.7. The lowest BCUT2D eigenvalue weighted by molar-refractivity contribution is -0.140. The van der Waals surface area contributed by atoms with Gasteiger partial charge in [-0.3, -0.25) is 13.9 Å². The molecule has 0 aromatic heterocycles. The van der Waals surface area contributed by atoms with E-state index >= 15 is 0 Å². The molecule has 2 rings (SSSR count). The number of sulfonamides is 1. The van der Waals surface area contributed by atoms with E-state index in [1.807, 2.05) is 45.0 Å². The van der Waals surface area contributed by atoms with Gasteiger partial charge in [0.2, 0.25) is 21.8 Å². The molecule has 2 amide bonds. The average molecular weight is 524 g/mol. The Balaban J connectivity index is 2.19. The van der Waals surface area contributed by atoms with Gasteiger partial charge in [-0.15, -0.1) is 0 Å². The zero-order chi connectivity index (χ0) is 27.0. The Morgan fingerprint density at radius 3 is 2.33 bits per heavy atom. The van der Waals surface area contributed by atoms with E-state index in [1.165, 1.54) is 11.0 Å². The van der Waals surface area contributed by atoms with E-state index in [9.17, 15) is 26.8 Å². The summed E-state index contributed by atoms with van der Waals surface area (Å²) in [4.78, 5) is 27.6. The Morgan fingerprint density at radius 1 is 1.06 bits per heavy atom. The van der Waals surface area contributed by atoms with Crippen molar-refractivity contribution in [1.29, 1.82) is 0 Å². The molecule has 0 aliphatic rings. The fourth-order valence-corrected chi connectivity index (χ4v) is 4.66. The van der Waals surface area contributed by atoms with Crippen LogP contribution >= 0.6 is 0 Å². The SMILES string of the molecule is CC[C@@H](C)NC(=O)[C@H](C)N(Cc1cccc(C)c1)C(=O)CCCN(c1ccc(F)c(F)c1)S(C)(=O)=O. The van der Waals surface area contributed by atoms with Gasteiger partial charge in [0.1, 0.15) is 6.04 Å². The van der Waals surface area contributed by atoms with Gasteiger partial charge in [-0.2, -0.15) is 0 Å². The number of hydrogen-bond acceptors (Lipinski definition) is 4. The van der Waals surface area contributed by atoms with E-state index < -0.39 is 27.7 Å². The predicted molar refractivity (Wildman–Crippen MR) is 137 cm³/mol. The summed E-state index contributed by atoms with van der Waals surface area (Å²) in [5.41, 5.74) is 1.86. The largest absolute Gasteiger partial charge is 0.352 e. The van der Waals surface area contributed by atoms with Gasteiger partial charge < -0.3 is 10.2 Å². The third-order valence-corrected chi connectivity index (χ3v) is 7.14. The quantitative estimate of drug-likeness (QED) is 0.453. The van der Waals surface area contributed by atoms with Gasteiger partial charge in [-0.05, 0) is 51.3 Å². The maximum Gasteiger partial charge on any atom is 0.242 e. The molecular formula is C26H35F2N3O4S. The number of nitrogens with one attached hydrogen (secondary N) is 1. The first-order chi connectivity index (χ1) is 16.8. The van der Waals surface area contributed by atoms with E-state index in [0.717, 1.165) is 40.2 Å². The van der Waals surface area contributed by atoms with Crippen LogP contribution in [0.2, 0.25) is 0 Å². The first-order valence-electron chi connectivity index (χ1n) is 11.9. The van der Waals surface area contributed by atoms with E-state index in [1.54, 1.807) is 6.92 Å². The summed E-state index contributed by atoms with van der Waals surface area (Å²) >= 11 is 0. The van der Waals surface area contributed by atoms with Gasteiger partial charge in [0.05, 0.1) is 11.9 Å². The van der Waals surface area contributed by atoms with Crippen molar-refractivity contribution in [3.63, 3.8) is 0 Å². The summed E-state index contributed by atoms with van der Waals surface area (Å²) in [5, 5.41) is 2.90. The number of halogens is 2. The molecule has 0 heterocycles. The molecule has 7 nitrogen and oxygen atoms in total. The lowest BCUT2D eigenvalue weighted by Gasteiger charge is -2.30. The molecule has 1 N–H and O–H groups in total.